The number of benzene rings is 1. The monoisotopic (exact) mass is 402 g/mol. The molecule has 0 spiro atoms. The molecule has 0 aromatic heterocycles. The minimum absolute atomic E-state index is 0.0179. The van der Waals surface area contributed by atoms with E-state index in [1.165, 1.54) is 18.2 Å². The summed E-state index contributed by atoms with van der Waals surface area (Å²) in [5.41, 5.74) is 5.40. The van der Waals surface area contributed by atoms with Crippen LogP contribution in [0.15, 0.2) is 18.2 Å². The van der Waals surface area contributed by atoms with Crippen molar-refractivity contribution in [2.45, 2.75) is 32.2 Å². The standard InChI is InChI=1S/C17H23ClN2O5S/c1-2-3-7-20(13-6-8-26(23,24)11-13)16(21)10-25-15-5-4-12(18)9-14(15)17(19)22/h4-5,9,13H,2-3,6-8,10-11H2,1H3,(H2,19,22)/t13-/m1/s1. The molecule has 1 aromatic carbocycles. The predicted octanol–water partition coefficient (Wildman–Crippen LogP) is 1.63. The summed E-state index contributed by atoms with van der Waals surface area (Å²) in [5, 5.41) is 0.332. The Morgan fingerprint density at radius 3 is 2.69 bits per heavy atom. The van der Waals surface area contributed by atoms with E-state index in [4.69, 9.17) is 22.1 Å². The molecule has 1 aliphatic heterocycles. The zero-order valence-corrected chi connectivity index (χ0v) is 16.2. The second-order valence-electron chi connectivity index (χ2n) is 6.29. The van der Waals surface area contributed by atoms with E-state index in [-0.39, 0.29) is 41.4 Å². The molecule has 0 radical (unpaired) electrons. The minimum Gasteiger partial charge on any atom is -0.483 e. The summed E-state index contributed by atoms with van der Waals surface area (Å²) in [6.45, 7) is 2.17. The Hall–Kier alpha value is -1.80. The molecule has 1 fully saturated rings. The average molecular weight is 403 g/mol. The van der Waals surface area contributed by atoms with Gasteiger partial charge in [-0.2, -0.15) is 0 Å². The van der Waals surface area contributed by atoms with Crippen molar-refractivity contribution in [3.8, 4) is 5.75 Å². The van der Waals surface area contributed by atoms with Crippen LogP contribution in [0.4, 0.5) is 0 Å². The highest BCUT2D eigenvalue weighted by Crippen LogP contribution is 2.23. The molecule has 2 N–H and O–H groups in total. The fraction of sp³-hybridized carbons (Fsp3) is 0.529. The van der Waals surface area contributed by atoms with Gasteiger partial charge >= 0.3 is 0 Å². The van der Waals surface area contributed by atoms with Gasteiger partial charge in [0.05, 0.1) is 17.1 Å². The number of sulfone groups is 1. The Bertz CT molecular complexity index is 781. The molecule has 144 valence electrons. The van der Waals surface area contributed by atoms with Gasteiger partial charge in [-0.3, -0.25) is 9.59 Å². The first-order chi connectivity index (χ1) is 12.2. The maximum Gasteiger partial charge on any atom is 0.260 e. The number of carbonyl (C=O) groups excluding carboxylic acids is 2. The number of halogens is 1. The molecule has 2 rings (SSSR count). The van der Waals surface area contributed by atoms with E-state index in [9.17, 15) is 18.0 Å². The van der Waals surface area contributed by atoms with Gasteiger partial charge in [-0.15, -0.1) is 0 Å². The predicted molar refractivity (Wildman–Crippen MR) is 99.1 cm³/mol. The highest BCUT2D eigenvalue weighted by molar-refractivity contribution is 7.91. The molecule has 2 amide bonds. The van der Waals surface area contributed by atoms with Gasteiger partial charge in [0, 0.05) is 17.6 Å². The lowest BCUT2D eigenvalue weighted by atomic mass is 10.2. The molecule has 1 aliphatic rings. The highest BCUT2D eigenvalue weighted by Gasteiger charge is 2.34. The SMILES string of the molecule is CCCCN(C(=O)COc1ccc(Cl)cc1C(N)=O)[C@@H]1CCS(=O)(=O)C1. The largest absolute Gasteiger partial charge is 0.483 e. The first kappa shape index (κ1) is 20.5. The van der Waals surface area contributed by atoms with Gasteiger partial charge < -0.3 is 15.4 Å². The quantitative estimate of drug-likeness (QED) is 0.711. The molecule has 1 atom stereocenters. The van der Waals surface area contributed by atoms with Gasteiger partial charge in [-0.1, -0.05) is 24.9 Å². The second kappa shape index (κ2) is 8.73. The molecule has 0 unspecified atom stereocenters. The summed E-state index contributed by atoms with van der Waals surface area (Å²) < 4.78 is 29.0. The van der Waals surface area contributed by atoms with Crippen molar-refractivity contribution in [2.24, 2.45) is 5.73 Å². The van der Waals surface area contributed by atoms with Crippen LogP contribution >= 0.6 is 11.6 Å². The number of amides is 2. The lowest BCUT2D eigenvalue weighted by molar-refractivity contribution is -0.135. The molecule has 1 aromatic rings. The van der Waals surface area contributed by atoms with Crippen LogP contribution in [0.3, 0.4) is 0 Å². The van der Waals surface area contributed by atoms with Crippen molar-refractivity contribution in [3.63, 3.8) is 0 Å². The Balaban J connectivity index is 2.09. The molecule has 1 heterocycles. The van der Waals surface area contributed by atoms with Crippen molar-refractivity contribution in [1.29, 1.82) is 0 Å². The molecular weight excluding hydrogens is 380 g/mol. The van der Waals surface area contributed by atoms with Crippen LogP contribution in [0.2, 0.25) is 5.02 Å². The van der Waals surface area contributed by atoms with E-state index in [2.05, 4.69) is 0 Å². The molecule has 26 heavy (non-hydrogen) atoms. The van der Waals surface area contributed by atoms with Crippen LogP contribution in [-0.4, -0.2) is 55.8 Å². The summed E-state index contributed by atoms with van der Waals surface area (Å²) in [5.74, 6) is -0.775. The summed E-state index contributed by atoms with van der Waals surface area (Å²) in [6, 6.07) is 4.06. The van der Waals surface area contributed by atoms with Crippen LogP contribution in [-0.2, 0) is 14.6 Å². The number of hydrogen-bond donors (Lipinski definition) is 1. The van der Waals surface area contributed by atoms with Crippen molar-refractivity contribution >= 4 is 33.3 Å². The van der Waals surface area contributed by atoms with Crippen LogP contribution in [0.1, 0.15) is 36.5 Å². The Morgan fingerprint density at radius 1 is 1.38 bits per heavy atom. The van der Waals surface area contributed by atoms with Crippen LogP contribution in [0.25, 0.3) is 0 Å². The van der Waals surface area contributed by atoms with E-state index < -0.39 is 15.7 Å². The number of primary amides is 1. The van der Waals surface area contributed by atoms with Gasteiger partial charge in [0.2, 0.25) is 0 Å². The van der Waals surface area contributed by atoms with Crippen molar-refractivity contribution < 1.29 is 22.7 Å². The third-order valence-corrected chi connectivity index (χ3v) is 6.27. The van der Waals surface area contributed by atoms with Crippen molar-refractivity contribution in [2.75, 3.05) is 24.7 Å². The van der Waals surface area contributed by atoms with Crippen LogP contribution in [0, 0.1) is 0 Å². The molecule has 0 bridgehead atoms. The zero-order chi connectivity index (χ0) is 19.3. The molecule has 9 heteroatoms. The molecule has 0 saturated carbocycles. The number of hydrogen-bond acceptors (Lipinski definition) is 5. The average Bonchev–Trinajstić information content (AvgIpc) is 2.93. The summed E-state index contributed by atoms with van der Waals surface area (Å²) in [4.78, 5) is 25.7. The third-order valence-electron chi connectivity index (χ3n) is 4.28. The topological polar surface area (TPSA) is 107 Å². The minimum atomic E-state index is -3.10. The van der Waals surface area contributed by atoms with E-state index in [1.54, 1.807) is 4.90 Å². The number of nitrogens with two attached hydrogens (primary N) is 1. The van der Waals surface area contributed by atoms with Gasteiger partial charge in [0.25, 0.3) is 11.8 Å². The number of nitrogens with zero attached hydrogens (tertiary/aromatic N) is 1. The summed E-state index contributed by atoms with van der Waals surface area (Å²) in [7, 11) is -3.10. The summed E-state index contributed by atoms with van der Waals surface area (Å²) >= 11 is 5.85. The number of carbonyl (C=O) groups is 2. The first-order valence-corrected chi connectivity index (χ1v) is 10.7. The number of rotatable bonds is 8. The van der Waals surface area contributed by atoms with Crippen LogP contribution < -0.4 is 10.5 Å². The fourth-order valence-corrected chi connectivity index (χ4v) is 4.81. The third kappa shape index (κ3) is 5.35. The van der Waals surface area contributed by atoms with E-state index in [0.717, 1.165) is 12.8 Å². The molecule has 1 saturated heterocycles. The van der Waals surface area contributed by atoms with Gasteiger partial charge in [-0.05, 0) is 31.0 Å². The van der Waals surface area contributed by atoms with E-state index in [0.29, 0.717) is 18.0 Å². The maximum atomic E-state index is 12.6. The molecule has 0 aliphatic carbocycles. The normalized spacial score (nSPS) is 18.5. The Kier molecular flexibility index (Phi) is 6.88. The lowest BCUT2D eigenvalue weighted by Crippen LogP contribution is -2.44. The van der Waals surface area contributed by atoms with E-state index >= 15 is 0 Å². The van der Waals surface area contributed by atoms with E-state index in [1.807, 2.05) is 6.92 Å². The highest BCUT2D eigenvalue weighted by atomic mass is 35.5. The first-order valence-electron chi connectivity index (χ1n) is 8.45. The number of unbranched alkanes of at least 4 members (excludes halogenated alkanes) is 1. The Labute approximate surface area is 158 Å². The summed E-state index contributed by atoms with van der Waals surface area (Å²) in [6.07, 6.45) is 2.09. The smallest absolute Gasteiger partial charge is 0.260 e. The van der Waals surface area contributed by atoms with Gasteiger partial charge in [0.15, 0.2) is 16.4 Å². The van der Waals surface area contributed by atoms with Gasteiger partial charge in [-0.25, -0.2) is 8.42 Å². The van der Waals surface area contributed by atoms with Crippen molar-refractivity contribution in [3.05, 3.63) is 28.8 Å². The molecule has 7 nitrogen and oxygen atoms in total. The van der Waals surface area contributed by atoms with Crippen molar-refractivity contribution in [1.82, 2.24) is 4.90 Å². The lowest BCUT2D eigenvalue weighted by Gasteiger charge is -2.28. The zero-order valence-electron chi connectivity index (χ0n) is 14.6. The number of ether oxygens (including phenoxy) is 1. The Morgan fingerprint density at radius 2 is 2.12 bits per heavy atom. The second-order valence-corrected chi connectivity index (χ2v) is 8.96. The van der Waals surface area contributed by atoms with Crippen LogP contribution in [0.5, 0.6) is 5.75 Å². The van der Waals surface area contributed by atoms with Gasteiger partial charge in [0.1, 0.15) is 5.75 Å². The fourth-order valence-electron chi connectivity index (χ4n) is 2.90. The maximum absolute atomic E-state index is 12.6. The molecular formula is C17H23ClN2O5S.